The number of Topliss-reactive ketones (excluding diaryl/α,β-unsaturated/α-hetero) is 1. The molecule has 15 atom stereocenters. The molecule has 2 heterocycles. The minimum atomic E-state index is -1.95. The molecule has 7 rings (SSSR count). The van der Waals surface area contributed by atoms with Gasteiger partial charge in [0.2, 0.25) is 0 Å². The van der Waals surface area contributed by atoms with Gasteiger partial charge in [0, 0.05) is 24.7 Å². The molecule has 0 bridgehead atoms. The SMILES string of the molecule is COc1ccc(C(=O)O[C@H]2[C@H](O[C@H]3[C@H](OC(C)=O)[C@@H](O[C@H]4C[C@H]5[C@@H]6CCc7cc(O)ccc7[C@H]6CC[C@]5(C)[C@@]4(O)[C@H](C)C(=O)CCC(C)C)OC[C@H]3F)OC[C@@H](O)[C@@H]2O)cc1. The van der Waals surface area contributed by atoms with Crippen molar-refractivity contribution in [3.63, 3.8) is 0 Å². The second kappa shape index (κ2) is 18.2. The fourth-order valence-electron chi connectivity index (χ4n) is 11.0. The van der Waals surface area contributed by atoms with Gasteiger partial charge in [-0.1, -0.05) is 33.8 Å². The van der Waals surface area contributed by atoms with Crippen LogP contribution in [0.5, 0.6) is 11.5 Å². The molecular weight excluding hydrogens is 795 g/mol. The van der Waals surface area contributed by atoms with E-state index in [1.54, 1.807) is 13.0 Å². The van der Waals surface area contributed by atoms with Crippen LogP contribution in [0.25, 0.3) is 0 Å². The molecule has 4 fully saturated rings. The number of phenols is 1. The maximum Gasteiger partial charge on any atom is 0.338 e. The average Bonchev–Trinajstić information content (AvgIpc) is 3.46. The Bertz CT molecular complexity index is 1890. The number of fused-ring (bicyclic) bond motifs is 5. The molecule has 2 aliphatic heterocycles. The number of hydrogen-bond acceptors (Lipinski definition) is 14. The van der Waals surface area contributed by atoms with Crippen molar-refractivity contribution in [2.45, 2.75) is 146 Å². The van der Waals surface area contributed by atoms with Crippen molar-refractivity contribution in [3.8, 4) is 11.5 Å². The summed E-state index contributed by atoms with van der Waals surface area (Å²) in [5, 5.41) is 45.1. The predicted octanol–water partition coefficient (Wildman–Crippen LogP) is 4.94. The molecule has 0 spiro atoms. The lowest BCUT2D eigenvalue weighted by atomic mass is 9.51. The Kier molecular flexibility index (Phi) is 13.5. The van der Waals surface area contributed by atoms with Gasteiger partial charge in [0.25, 0.3) is 0 Å². The second-order valence-electron chi connectivity index (χ2n) is 18.3. The van der Waals surface area contributed by atoms with Gasteiger partial charge in [-0.3, -0.25) is 9.59 Å². The fourth-order valence-corrected chi connectivity index (χ4v) is 11.0. The summed E-state index contributed by atoms with van der Waals surface area (Å²) in [7, 11) is 1.47. The highest BCUT2D eigenvalue weighted by molar-refractivity contribution is 5.89. The number of aromatic hydroxyl groups is 1. The zero-order valence-corrected chi connectivity index (χ0v) is 35.7. The summed E-state index contributed by atoms with van der Waals surface area (Å²) >= 11 is 0. The fraction of sp³-hybridized carbons (Fsp3) is 0.674. The predicted molar refractivity (Wildman–Crippen MR) is 215 cm³/mol. The summed E-state index contributed by atoms with van der Waals surface area (Å²) in [6.07, 6.45) is -10.1. The van der Waals surface area contributed by atoms with Crippen molar-refractivity contribution in [1.82, 2.24) is 0 Å². The molecule has 61 heavy (non-hydrogen) atoms. The number of carbonyl (C=O) groups is 3. The molecule has 2 saturated heterocycles. The number of aliphatic hydroxyl groups is 3. The first-order chi connectivity index (χ1) is 29.0. The summed E-state index contributed by atoms with van der Waals surface area (Å²) in [6.45, 7) is 7.95. The summed E-state index contributed by atoms with van der Waals surface area (Å²) < 4.78 is 57.2. The number of esters is 2. The van der Waals surface area contributed by atoms with Crippen LogP contribution in [0.3, 0.4) is 0 Å². The maximum atomic E-state index is 16.2. The van der Waals surface area contributed by atoms with Crippen molar-refractivity contribution in [2.24, 2.45) is 29.1 Å². The van der Waals surface area contributed by atoms with Crippen LogP contribution in [0, 0.1) is 29.1 Å². The first-order valence-corrected chi connectivity index (χ1v) is 21.6. The van der Waals surface area contributed by atoms with Crippen LogP contribution in [0.4, 0.5) is 4.39 Å². The monoisotopic (exact) mass is 856 g/mol. The van der Waals surface area contributed by atoms with E-state index >= 15 is 4.39 Å². The Morgan fingerprint density at radius 2 is 1.64 bits per heavy atom. The number of carbonyl (C=O) groups excluding carboxylic acids is 3. The highest BCUT2D eigenvalue weighted by atomic mass is 19.1. The Morgan fingerprint density at radius 1 is 0.934 bits per heavy atom. The molecular formula is C46H61FO14. The van der Waals surface area contributed by atoms with Crippen molar-refractivity contribution >= 4 is 17.7 Å². The van der Waals surface area contributed by atoms with Crippen LogP contribution in [-0.4, -0.2) is 119 Å². The molecule has 3 aliphatic carbocycles. The number of ether oxygens (including phenoxy) is 7. The van der Waals surface area contributed by atoms with E-state index in [0.29, 0.717) is 25.0 Å². The first kappa shape index (κ1) is 45.3. The highest BCUT2D eigenvalue weighted by Gasteiger charge is 2.69. The number of benzene rings is 2. The number of aryl methyl sites for hydroxylation is 1. The number of ketones is 1. The number of rotatable bonds is 13. The molecule has 0 unspecified atom stereocenters. The van der Waals surface area contributed by atoms with Crippen LogP contribution in [-0.2, 0) is 44.4 Å². The van der Waals surface area contributed by atoms with Gasteiger partial charge in [0.15, 0.2) is 31.0 Å². The summed E-state index contributed by atoms with van der Waals surface area (Å²) in [6, 6.07) is 11.5. The van der Waals surface area contributed by atoms with Crippen molar-refractivity contribution in [1.29, 1.82) is 0 Å². The third kappa shape index (κ3) is 8.68. The third-order valence-corrected chi connectivity index (χ3v) is 14.3. The number of hydrogen-bond donors (Lipinski definition) is 4. The molecule has 2 aromatic carbocycles. The molecule has 2 saturated carbocycles. The van der Waals surface area contributed by atoms with Gasteiger partial charge in [-0.05, 0) is 110 Å². The average molecular weight is 857 g/mol. The number of alkyl halides is 1. The van der Waals surface area contributed by atoms with Crippen LogP contribution in [0.2, 0.25) is 0 Å². The number of methoxy groups -OCH3 is 1. The minimum Gasteiger partial charge on any atom is -0.508 e. The van der Waals surface area contributed by atoms with Crippen molar-refractivity contribution in [2.75, 3.05) is 20.3 Å². The minimum absolute atomic E-state index is 0.0887. The Balaban J connectivity index is 1.18. The summed E-state index contributed by atoms with van der Waals surface area (Å²) in [4.78, 5) is 40.0. The van der Waals surface area contributed by atoms with E-state index in [-0.39, 0.29) is 47.2 Å². The lowest BCUT2D eigenvalue weighted by molar-refractivity contribution is -0.339. The molecule has 14 nitrogen and oxygen atoms in total. The molecule has 4 N–H and O–H groups in total. The zero-order chi connectivity index (χ0) is 44.0. The van der Waals surface area contributed by atoms with Crippen LogP contribution < -0.4 is 4.74 Å². The van der Waals surface area contributed by atoms with E-state index in [9.17, 15) is 34.8 Å². The van der Waals surface area contributed by atoms with E-state index in [2.05, 4.69) is 0 Å². The Morgan fingerprint density at radius 3 is 2.33 bits per heavy atom. The number of phenolic OH excluding ortho intramolecular Hbond substituents is 1. The smallest absolute Gasteiger partial charge is 0.338 e. The van der Waals surface area contributed by atoms with E-state index < -0.39 is 97.5 Å². The molecule has 15 heteroatoms. The van der Waals surface area contributed by atoms with Crippen molar-refractivity contribution in [3.05, 3.63) is 59.2 Å². The molecule has 5 aliphatic rings. The highest BCUT2D eigenvalue weighted by Crippen LogP contribution is 2.67. The standard InChI is InChI=1S/C46H61FO14/c1-23(2)7-16-35(50)24(3)46(54)37(20-33-32-14-10-27-19-28(49)11-15-30(27)31(32)17-18-45(33,46)5)59-44-41(58-25(4)48)39(34(47)21-56-44)61-43-40(38(52)36(51)22-57-43)60-42(53)26-8-12-29(55-6)13-9-26/h8-9,11-13,15,19,23-24,31-34,36-41,43-44,49,51-52,54H,7,10,14,16-18,20-22H2,1-6H3/t24-,31-,32-,33+,34-,36-,37+,38+,39-,40-,41+,43+,44-,45+,46-/m1/s1. The van der Waals surface area contributed by atoms with Gasteiger partial charge in [0.05, 0.1) is 32.0 Å². The van der Waals surface area contributed by atoms with Gasteiger partial charge in [-0.15, -0.1) is 0 Å². The maximum absolute atomic E-state index is 16.2. The van der Waals surface area contributed by atoms with E-state index in [4.69, 9.17) is 33.2 Å². The van der Waals surface area contributed by atoms with Gasteiger partial charge < -0.3 is 53.6 Å². The van der Waals surface area contributed by atoms with Crippen LogP contribution >= 0.6 is 0 Å². The molecule has 0 aromatic heterocycles. The number of halogens is 1. The molecule has 0 radical (unpaired) electrons. The van der Waals surface area contributed by atoms with Crippen LogP contribution in [0.1, 0.15) is 101 Å². The van der Waals surface area contributed by atoms with E-state index in [0.717, 1.165) is 31.7 Å². The second-order valence-corrected chi connectivity index (χ2v) is 18.3. The molecule has 2 aromatic rings. The lowest BCUT2D eigenvalue weighted by Crippen LogP contribution is -2.63. The van der Waals surface area contributed by atoms with Gasteiger partial charge >= 0.3 is 11.9 Å². The van der Waals surface area contributed by atoms with Gasteiger partial charge in [0.1, 0.15) is 41.2 Å². The van der Waals surface area contributed by atoms with Gasteiger partial charge in [-0.2, -0.15) is 0 Å². The zero-order valence-electron chi connectivity index (χ0n) is 35.7. The summed E-state index contributed by atoms with van der Waals surface area (Å²) in [5.74, 6) is -1.53. The number of aliphatic hydroxyl groups excluding tert-OH is 2. The third-order valence-electron chi connectivity index (χ3n) is 14.3. The summed E-state index contributed by atoms with van der Waals surface area (Å²) in [5.41, 5.74) is -0.132. The van der Waals surface area contributed by atoms with E-state index in [1.807, 2.05) is 32.9 Å². The Labute approximate surface area is 355 Å². The molecule has 0 amide bonds. The van der Waals surface area contributed by atoms with Gasteiger partial charge in [-0.25, -0.2) is 9.18 Å². The first-order valence-electron chi connectivity index (χ1n) is 21.6. The lowest BCUT2D eigenvalue weighted by Gasteiger charge is -2.55. The Hall–Kier alpha value is -3.70. The van der Waals surface area contributed by atoms with Crippen LogP contribution in [0.15, 0.2) is 42.5 Å². The molecule has 336 valence electrons. The largest absolute Gasteiger partial charge is 0.508 e. The van der Waals surface area contributed by atoms with E-state index in [1.165, 1.54) is 36.9 Å². The topological polar surface area (TPSA) is 197 Å². The van der Waals surface area contributed by atoms with Crippen molar-refractivity contribution < 1.29 is 72.4 Å². The normalized spacial score (nSPS) is 37.5. The quantitative estimate of drug-likeness (QED) is 0.198.